The Balaban J connectivity index is 2.70. The molecular formula is C13H20N2OS. The van der Waals surface area contributed by atoms with Gasteiger partial charge in [0, 0.05) is 11.7 Å². The van der Waals surface area contributed by atoms with Crippen molar-refractivity contribution in [3.8, 4) is 0 Å². The Kier molecular flexibility index (Phi) is 5.35. The lowest BCUT2D eigenvalue weighted by Gasteiger charge is -2.15. The zero-order valence-electron chi connectivity index (χ0n) is 10.6. The fourth-order valence-corrected chi connectivity index (χ4v) is 2.25. The van der Waals surface area contributed by atoms with Gasteiger partial charge < -0.3 is 11.1 Å². The molecule has 0 aliphatic carbocycles. The third kappa shape index (κ3) is 3.97. The van der Waals surface area contributed by atoms with Crippen molar-refractivity contribution >= 4 is 23.4 Å². The number of aryl methyl sites for hydroxylation is 1. The van der Waals surface area contributed by atoms with E-state index in [0.717, 1.165) is 17.7 Å². The molecule has 0 bridgehead atoms. The summed E-state index contributed by atoms with van der Waals surface area (Å²) in [5, 5.41) is 2.98. The van der Waals surface area contributed by atoms with Crippen molar-refractivity contribution in [2.75, 3.05) is 17.7 Å². The van der Waals surface area contributed by atoms with Crippen molar-refractivity contribution in [2.24, 2.45) is 0 Å². The van der Waals surface area contributed by atoms with Crippen LogP contribution in [0.2, 0.25) is 0 Å². The second-order valence-corrected chi connectivity index (χ2v) is 5.18. The minimum atomic E-state index is -0.0748. The van der Waals surface area contributed by atoms with E-state index in [1.807, 2.05) is 26.0 Å². The molecule has 1 unspecified atom stereocenters. The number of nitrogens with two attached hydrogens (primary N) is 1. The number of thioether (sulfide) groups is 1. The molecule has 3 N–H and O–H groups in total. The van der Waals surface area contributed by atoms with Gasteiger partial charge in [-0.05, 0) is 43.9 Å². The first kappa shape index (κ1) is 13.9. The Morgan fingerprint density at radius 1 is 1.53 bits per heavy atom. The number of anilines is 1. The Hall–Kier alpha value is -1.16. The molecular weight excluding hydrogens is 232 g/mol. The van der Waals surface area contributed by atoms with E-state index in [-0.39, 0.29) is 11.9 Å². The molecule has 0 aliphatic rings. The van der Waals surface area contributed by atoms with E-state index in [2.05, 4.69) is 11.6 Å². The molecule has 0 aromatic heterocycles. The molecule has 0 saturated heterocycles. The summed E-state index contributed by atoms with van der Waals surface area (Å²) in [7, 11) is 0. The number of amides is 1. The number of rotatable bonds is 5. The third-order valence-corrected chi connectivity index (χ3v) is 3.31. The van der Waals surface area contributed by atoms with Crippen molar-refractivity contribution in [3.05, 3.63) is 29.3 Å². The van der Waals surface area contributed by atoms with Gasteiger partial charge in [0.15, 0.2) is 0 Å². The summed E-state index contributed by atoms with van der Waals surface area (Å²) in [6, 6.07) is 5.69. The van der Waals surface area contributed by atoms with Crippen LogP contribution in [0.1, 0.15) is 29.3 Å². The van der Waals surface area contributed by atoms with Gasteiger partial charge in [-0.25, -0.2) is 0 Å². The quantitative estimate of drug-likeness (QED) is 0.791. The highest BCUT2D eigenvalue weighted by Crippen LogP contribution is 2.16. The Morgan fingerprint density at radius 3 is 2.82 bits per heavy atom. The first-order chi connectivity index (χ1) is 8.06. The zero-order chi connectivity index (χ0) is 12.8. The first-order valence-electron chi connectivity index (χ1n) is 5.71. The molecule has 0 spiro atoms. The Labute approximate surface area is 107 Å². The van der Waals surface area contributed by atoms with E-state index in [0.29, 0.717) is 11.3 Å². The van der Waals surface area contributed by atoms with Crippen LogP contribution in [0.15, 0.2) is 18.2 Å². The molecule has 1 rings (SSSR count). The maximum Gasteiger partial charge on any atom is 0.253 e. The van der Waals surface area contributed by atoms with Gasteiger partial charge >= 0.3 is 0 Å². The summed E-state index contributed by atoms with van der Waals surface area (Å²) < 4.78 is 0. The van der Waals surface area contributed by atoms with Gasteiger partial charge in [0.25, 0.3) is 5.91 Å². The first-order valence-corrected chi connectivity index (χ1v) is 7.10. The van der Waals surface area contributed by atoms with E-state index >= 15 is 0 Å². The van der Waals surface area contributed by atoms with Gasteiger partial charge in [-0.3, -0.25) is 4.79 Å². The molecule has 17 heavy (non-hydrogen) atoms. The molecule has 0 aliphatic heterocycles. The number of nitrogen functional groups attached to an aromatic ring is 1. The van der Waals surface area contributed by atoms with E-state index < -0.39 is 0 Å². The molecule has 0 saturated carbocycles. The summed E-state index contributed by atoms with van der Waals surface area (Å²) in [6.07, 6.45) is 3.03. The largest absolute Gasteiger partial charge is 0.398 e. The lowest BCUT2D eigenvalue weighted by Crippen LogP contribution is -2.33. The molecule has 1 aromatic rings. The maximum atomic E-state index is 12.1. The van der Waals surface area contributed by atoms with Gasteiger partial charge in [0.1, 0.15) is 0 Å². The van der Waals surface area contributed by atoms with Crippen LogP contribution in [0.25, 0.3) is 0 Å². The van der Waals surface area contributed by atoms with Gasteiger partial charge in [0.05, 0.1) is 5.56 Å². The van der Waals surface area contributed by atoms with Crippen molar-refractivity contribution in [3.63, 3.8) is 0 Å². The second-order valence-electron chi connectivity index (χ2n) is 4.20. The summed E-state index contributed by atoms with van der Waals surface area (Å²) in [5.41, 5.74) is 7.89. The highest BCUT2D eigenvalue weighted by atomic mass is 32.2. The maximum absolute atomic E-state index is 12.1. The van der Waals surface area contributed by atoms with Crippen molar-refractivity contribution < 1.29 is 4.79 Å². The molecule has 1 aromatic carbocycles. The number of benzene rings is 1. The van der Waals surface area contributed by atoms with Crippen LogP contribution in [0.3, 0.4) is 0 Å². The van der Waals surface area contributed by atoms with Crippen molar-refractivity contribution in [1.82, 2.24) is 5.32 Å². The van der Waals surface area contributed by atoms with Gasteiger partial charge in [-0.2, -0.15) is 11.8 Å². The number of nitrogens with one attached hydrogen (secondary N) is 1. The van der Waals surface area contributed by atoms with Crippen LogP contribution < -0.4 is 11.1 Å². The average Bonchev–Trinajstić information content (AvgIpc) is 2.26. The lowest BCUT2D eigenvalue weighted by molar-refractivity contribution is 0.0940. The summed E-state index contributed by atoms with van der Waals surface area (Å²) in [5.74, 6) is 0.972. The number of carbonyl (C=O) groups is 1. The molecule has 0 radical (unpaired) electrons. The molecule has 0 heterocycles. The number of hydrogen-bond acceptors (Lipinski definition) is 3. The minimum Gasteiger partial charge on any atom is -0.398 e. The monoisotopic (exact) mass is 252 g/mol. The van der Waals surface area contributed by atoms with E-state index in [1.165, 1.54) is 0 Å². The van der Waals surface area contributed by atoms with Crippen LogP contribution in [-0.4, -0.2) is 24.0 Å². The van der Waals surface area contributed by atoms with Gasteiger partial charge in [-0.1, -0.05) is 12.1 Å². The van der Waals surface area contributed by atoms with Crippen LogP contribution in [0.5, 0.6) is 0 Å². The standard InChI is InChI=1S/C13H20N2OS/c1-9-5-4-6-11(14)12(9)13(16)15-10(2)7-8-17-3/h4-6,10H,7-8,14H2,1-3H3,(H,15,16). The van der Waals surface area contributed by atoms with Crippen LogP contribution in [0, 0.1) is 6.92 Å². The van der Waals surface area contributed by atoms with Crippen LogP contribution in [0.4, 0.5) is 5.69 Å². The van der Waals surface area contributed by atoms with Crippen molar-refractivity contribution in [2.45, 2.75) is 26.3 Å². The van der Waals surface area contributed by atoms with Crippen LogP contribution >= 0.6 is 11.8 Å². The fraction of sp³-hybridized carbons (Fsp3) is 0.462. The number of hydrogen-bond donors (Lipinski definition) is 2. The molecule has 1 atom stereocenters. The lowest BCUT2D eigenvalue weighted by atomic mass is 10.1. The third-order valence-electron chi connectivity index (χ3n) is 2.66. The highest BCUT2D eigenvalue weighted by molar-refractivity contribution is 7.98. The smallest absolute Gasteiger partial charge is 0.253 e. The van der Waals surface area contributed by atoms with Gasteiger partial charge in [-0.15, -0.1) is 0 Å². The SMILES string of the molecule is CSCCC(C)NC(=O)c1c(C)cccc1N. The zero-order valence-corrected chi connectivity index (χ0v) is 11.4. The van der Waals surface area contributed by atoms with E-state index in [9.17, 15) is 4.79 Å². The minimum absolute atomic E-state index is 0.0748. The molecule has 3 nitrogen and oxygen atoms in total. The highest BCUT2D eigenvalue weighted by Gasteiger charge is 2.14. The predicted molar refractivity (Wildman–Crippen MR) is 75.5 cm³/mol. The predicted octanol–water partition coefficient (Wildman–Crippen LogP) is 2.45. The van der Waals surface area contributed by atoms with E-state index in [4.69, 9.17) is 5.73 Å². The van der Waals surface area contributed by atoms with Crippen molar-refractivity contribution in [1.29, 1.82) is 0 Å². The summed E-state index contributed by atoms with van der Waals surface area (Å²) >= 11 is 1.78. The second kappa shape index (κ2) is 6.55. The molecule has 1 amide bonds. The molecule has 0 fully saturated rings. The fourth-order valence-electron chi connectivity index (χ4n) is 1.66. The summed E-state index contributed by atoms with van der Waals surface area (Å²) in [6.45, 7) is 3.92. The number of carbonyl (C=O) groups excluding carboxylic acids is 1. The average molecular weight is 252 g/mol. The van der Waals surface area contributed by atoms with Gasteiger partial charge in [0.2, 0.25) is 0 Å². The van der Waals surface area contributed by atoms with Crippen LogP contribution in [-0.2, 0) is 0 Å². The molecule has 4 heteroatoms. The van der Waals surface area contributed by atoms with E-state index in [1.54, 1.807) is 17.8 Å². The summed E-state index contributed by atoms with van der Waals surface area (Å²) in [4.78, 5) is 12.1. The Bertz CT molecular complexity index is 373. The topological polar surface area (TPSA) is 55.1 Å². The Morgan fingerprint density at radius 2 is 2.24 bits per heavy atom. The molecule has 94 valence electrons. The normalized spacial score (nSPS) is 12.2.